The Morgan fingerprint density at radius 2 is 1.86 bits per heavy atom. The largest absolute Gasteiger partial charge is 0.346 e. The third kappa shape index (κ3) is 3.17. The Bertz CT molecular complexity index is 355. The number of pyridine rings is 1. The Morgan fingerprint density at radius 3 is 2.50 bits per heavy atom. The quantitative estimate of drug-likeness (QED) is 0.683. The standard InChI is InChI=1S/C7H5FN2.2C2H6/c8-6-3-5-1-2-9-7(5)10-4-6;2*1-2/h1-4H,(H,9,10);2*1-2H3. The zero-order valence-electron chi connectivity index (χ0n) is 9.13. The van der Waals surface area contributed by atoms with Gasteiger partial charge in [0.2, 0.25) is 0 Å². The summed E-state index contributed by atoms with van der Waals surface area (Å²) in [7, 11) is 0. The van der Waals surface area contributed by atoms with Gasteiger partial charge in [0.25, 0.3) is 0 Å². The SMILES string of the molecule is CC.CC.Fc1cnc2[nH]ccc2c1. The zero-order chi connectivity index (χ0) is 11.0. The van der Waals surface area contributed by atoms with Crippen LogP contribution in [0, 0.1) is 5.82 Å². The number of hydrogen-bond acceptors (Lipinski definition) is 1. The normalized spacial score (nSPS) is 8.36. The number of nitrogens with zero attached hydrogens (tertiary/aromatic N) is 1. The highest BCUT2D eigenvalue weighted by molar-refractivity contribution is 5.74. The van der Waals surface area contributed by atoms with E-state index in [1.54, 1.807) is 12.3 Å². The van der Waals surface area contributed by atoms with E-state index in [0.717, 1.165) is 11.0 Å². The summed E-state index contributed by atoms with van der Waals surface area (Å²) in [5.74, 6) is -0.299. The van der Waals surface area contributed by atoms with Crippen molar-refractivity contribution < 1.29 is 4.39 Å². The molecule has 2 heterocycles. The topological polar surface area (TPSA) is 28.7 Å². The van der Waals surface area contributed by atoms with Crippen LogP contribution in [-0.4, -0.2) is 9.97 Å². The van der Waals surface area contributed by atoms with Gasteiger partial charge < -0.3 is 4.98 Å². The second-order valence-corrected chi connectivity index (χ2v) is 2.07. The van der Waals surface area contributed by atoms with Gasteiger partial charge in [0.05, 0.1) is 6.20 Å². The Kier molecular flexibility index (Phi) is 6.37. The van der Waals surface area contributed by atoms with Crippen LogP contribution in [0.2, 0.25) is 0 Å². The summed E-state index contributed by atoms with van der Waals surface area (Å²) >= 11 is 0. The van der Waals surface area contributed by atoms with Gasteiger partial charge in [0.15, 0.2) is 0 Å². The third-order valence-corrected chi connectivity index (χ3v) is 1.37. The lowest BCUT2D eigenvalue weighted by Crippen LogP contribution is -1.77. The molecule has 2 rings (SSSR count). The molecule has 0 atom stereocenters. The van der Waals surface area contributed by atoms with E-state index in [9.17, 15) is 4.39 Å². The van der Waals surface area contributed by atoms with Crippen molar-refractivity contribution in [3.8, 4) is 0 Å². The summed E-state index contributed by atoms with van der Waals surface area (Å²) in [4.78, 5) is 6.68. The summed E-state index contributed by atoms with van der Waals surface area (Å²) in [6.45, 7) is 8.00. The number of halogens is 1. The molecule has 0 bridgehead atoms. The molecule has 14 heavy (non-hydrogen) atoms. The molecule has 0 aliphatic carbocycles. The molecule has 0 aliphatic rings. The van der Waals surface area contributed by atoms with Gasteiger partial charge in [-0.2, -0.15) is 0 Å². The maximum absolute atomic E-state index is 12.4. The molecular formula is C11H17FN2. The lowest BCUT2D eigenvalue weighted by atomic mass is 10.3. The number of aromatic nitrogens is 2. The molecular weight excluding hydrogens is 179 g/mol. The van der Waals surface area contributed by atoms with Crippen LogP contribution >= 0.6 is 0 Å². The van der Waals surface area contributed by atoms with Gasteiger partial charge in [0.1, 0.15) is 11.5 Å². The first kappa shape index (κ1) is 12.6. The van der Waals surface area contributed by atoms with E-state index in [1.807, 2.05) is 27.7 Å². The van der Waals surface area contributed by atoms with Crippen molar-refractivity contribution in [2.24, 2.45) is 0 Å². The fraction of sp³-hybridized carbons (Fsp3) is 0.364. The number of nitrogens with one attached hydrogen (secondary N) is 1. The highest BCUT2D eigenvalue weighted by Crippen LogP contribution is 2.09. The van der Waals surface area contributed by atoms with Gasteiger partial charge in [-0.25, -0.2) is 9.37 Å². The van der Waals surface area contributed by atoms with Crippen LogP contribution in [0.15, 0.2) is 24.5 Å². The van der Waals surface area contributed by atoms with Gasteiger partial charge >= 0.3 is 0 Å². The number of rotatable bonds is 0. The van der Waals surface area contributed by atoms with Gasteiger partial charge in [-0.3, -0.25) is 0 Å². The maximum atomic E-state index is 12.4. The van der Waals surface area contributed by atoms with E-state index in [1.165, 1.54) is 12.3 Å². The molecule has 0 aromatic carbocycles. The van der Waals surface area contributed by atoms with E-state index in [-0.39, 0.29) is 5.82 Å². The average molecular weight is 196 g/mol. The predicted octanol–water partition coefficient (Wildman–Crippen LogP) is 3.75. The molecule has 2 nitrogen and oxygen atoms in total. The highest BCUT2D eigenvalue weighted by Gasteiger charge is 1.95. The van der Waals surface area contributed by atoms with E-state index in [0.29, 0.717) is 0 Å². The van der Waals surface area contributed by atoms with Crippen molar-refractivity contribution in [2.45, 2.75) is 27.7 Å². The molecule has 2 aromatic heterocycles. The Morgan fingerprint density at radius 1 is 1.21 bits per heavy atom. The Balaban J connectivity index is 0.000000379. The van der Waals surface area contributed by atoms with Crippen molar-refractivity contribution >= 4 is 11.0 Å². The summed E-state index contributed by atoms with van der Waals surface area (Å²) in [6.07, 6.45) is 2.93. The molecule has 0 saturated carbocycles. The summed E-state index contributed by atoms with van der Waals surface area (Å²) in [6, 6.07) is 3.23. The fourth-order valence-electron chi connectivity index (χ4n) is 0.913. The van der Waals surface area contributed by atoms with Gasteiger partial charge in [-0.1, -0.05) is 27.7 Å². The lowest BCUT2D eigenvalue weighted by Gasteiger charge is -1.86. The number of hydrogen-bond donors (Lipinski definition) is 1. The number of fused-ring (bicyclic) bond motifs is 1. The summed E-state index contributed by atoms with van der Waals surface area (Å²) in [5, 5.41) is 0.806. The number of aromatic amines is 1. The molecule has 0 fully saturated rings. The van der Waals surface area contributed by atoms with Crippen molar-refractivity contribution in [2.75, 3.05) is 0 Å². The van der Waals surface area contributed by atoms with Gasteiger partial charge in [0, 0.05) is 11.6 Å². The van der Waals surface area contributed by atoms with Crippen molar-refractivity contribution in [1.82, 2.24) is 9.97 Å². The average Bonchev–Trinajstić information content (AvgIpc) is 2.71. The second kappa shape index (κ2) is 7.06. The van der Waals surface area contributed by atoms with E-state index in [4.69, 9.17) is 0 Å². The van der Waals surface area contributed by atoms with E-state index < -0.39 is 0 Å². The minimum absolute atomic E-state index is 0.299. The molecule has 0 amide bonds. The highest BCUT2D eigenvalue weighted by atomic mass is 19.1. The second-order valence-electron chi connectivity index (χ2n) is 2.07. The minimum atomic E-state index is -0.299. The molecule has 0 aliphatic heterocycles. The first-order valence-electron chi connectivity index (χ1n) is 4.95. The minimum Gasteiger partial charge on any atom is -0.346 e. The van der Waals surface area contributed by atoms with E-state index >= 15 is 0 Å². The van der Waals surface area contributed by atoms with Gasteiger partial charge in [-0.15, -0.1) is 0 Å². The molecule has 2 aromatic rings. The van der Waals surface area contributed by atoms with Crippen LogP contribution in [0.3, 0.4) is 0 Å². The predicted molar refractivity (Wildman–Crippen MR) is 58.7 cm³/mol. The summed E-state index contributed by atoms with van der Waals surface area (Å²) in [5.41, 5.74) is 0.724. The number of H-pyrrole nitrogens is 1. The zero-order valence-corrected chi connectivity index (χ0v) is 9.13. The van der Waals surface area contributed by atoms with Crippen LogP contribution in [0.4, 0.5) is 4.39 Å². The fourth-order valence-corrected chi connectivity index (χ4v) is 0.913. The molecule has 0 saturated heterocycles. The van der Waals surface area contributed by atoms with Crippen LogP contribution in [0.5, 0.6) is 0 Å². The van der Waals surface area contributed by atoms with Crippen molar-refractivity contribution in [3.63, 3.8) is 0 Å². The van der Waals surface area contributed by atoms with E-state index in [2.05, 4.69) is 9.97 Å². The third-order valence-electron chi connectivity index (χ3n) is 1.37. The lowest BCUT2D eigenvalue weighted by molar-refractivity contribution is 0.624. The maximum Gasteiger partial charge on any atom is 0.142 e. The van der Waals surface area contributed by atoms with Crippen molar-refractivity contribution in [1.29, 1.82) is 0 Å². The van der Waals surface area contributed by atoms with Crippen LogP contribution < -0.4 is 0 Å². The molecule has 0 radical (unpaired) electrons. The smallest absolute Gasteiger partial charge is 0.142 e. The first-order valence-corrected chi connectivity index (χ1v) is 4.95. The molecule has 0 spiro atoms. The van der Waals surface area contributed by atoms with Crippen LogP contribution in [0.1, 0.15) is 27.7 Å². The molecule has 1 N–H and O–H groups in total. The summed E-state index contributed by atoms with van der Waals surface area (Å²) < 4.78 is 12.4. The van der Waals surface area contributed by atoms with Gasteiger partial charge in [-0.05, 0) is 12.1 Å². The molecule has 0 unspecified atom stereocenters. The van der Waals surface area contributed by atoms with Crippen molar-refractivity contribution in [3.05, 3.63) is 30.3 Å². The monoisotopic (exact) mass is 196 g/mol. The first-order chi connectivity index (χ1) is 6.86. The Labute approximate surface area is 84.2 Å². The van der Waals surface area contributed by atoms with Crippen LogP contribution in [0.25, 0.3) is 11.0 Å². The molecule has 78 valence electrons. The Hall–Kier alpha value is -1.38. The molecule has 3 heteroatoms. The van der Waals surface area contributed by atoms with Crippen LogP contribution in [-0.2, 0) is 0 Å².